The molecule has 0 unspecified atom stereocenters. The van der Waals surface area contributed by atoms with Crippen molar-refractivity contribution >= 4 is 5.97 Å². The van der Waals surface area contributed by atoms with Gasteiger partial charge >= 0.3 is 5.97 Å². The molecule has 2 rings (SSSR count). The molecular weight excluding hydrogens is 216 g/mol. The third kappa shape index (κ3) is 3.14. The van der Waals surface area contributed by atoms with Gasteiger partial charge in [0.2, 0.25) is 0 Å². The highest BCUT2D eigenvalue weighted by Gasteiger charge is 2.10. The first kappa shape index (κ1) is 11.8. The first-order valence-electron chi connectivity index (χ1n) is 5.71. The molecule has 1 aromatic rings. The molecule has 0 spiro atoms. The Labute approximate surface area is 101 Å². The molecule has 17 heavy (non-hydrogen) atoms. The monoisotopic (exact) mass is 232 g/mol. The van der Waals surface area contributed by atoms with Crippen LogP contribution in [0.25, 0.3) is 0 Å². The number of hydrogen-bond acceptors (Lipinski definition) is 4. The van der Waals surface area contributed by atoms with Crippen LogP contribution < -0.4 is 5.32 Å². The van der Waals surface area contributed by atoms with Crippen LogP contribution in [0.5, 0.6) is 0 Å². The van der Waals surface area contributed by atoms with Gasteiger partial charge in [-0.05, 0) is 25.0 Å². The summed E-state index contributed by atoms with van der Waals surface area (Å²) >= 11 is 0. The van der Waals surface area contributed by atoms with E-state index < -0.39 is 0 Å². The third-order valence-corrected chi connectivity index (χ3v) is 2.83. The van der Waals surface area contributed by atoms with E-state index in [2.05, 4.69) is 27.2 Å². The van der Waals surface area contributed by atoms with Crippen molar-refractivity contribution in [2.45, 2.75) is 25.4 Å². The highest BCUT2D eigenvalue weighted by molar-refractivity contribution is 5.88. The minimum atomic E-state index is -0.350. The summed E-state index contributed by atoms with van der Waals surface area (Å²) in [5.41, 5.74) is 1.42. The van der Waals surface area contributed by atoms with E-state index in [1.54, 1.807) is 12.3 Å². The summed E-state index contributed by atoms with van der Waals surface area (Å²) in [6, 6.07) is 4.11. The van der Waals surface area contributed by atoms with Gasteiger partial charge in [-0.1, -0.05) is 12.2 Å². The van der Waals surface area contributed by atoms with Crippen LogP contribution in [0.3, 0.4) is 0 Å². The molecule has 1 aliphatic carbocycles. The summed E-state index contributed by atoms with van der Waals surface area (Å²) in [5, 5.41) is 3.42. The van der Waals surface area contributed by atoms with Crippen molar-refractivity contribution in [3.63, 3.8) is 0 Å². The summed E-state index contributed by atoms with van der Waals surface area (Å²) in [7, 11) is 1.37. The molecule has 0 fully saturated rings. The maximum absolute atomic E-state index is 11.2. The maximum atomic E-state index is 11.2. The first-order valence-corrected chi connectivity index (χ1v) is 5.71. The lowest BCUT2D eigenvalue weighted by atomic mass is 10.2. The standard InChI is InChI=1S/C13H16N2O2/c1-17-13(16)10-6-7-12(14-8-10)9-15-11-4-2-3-5-11/h2-3,6-8,11,15H,4-5,9H2,1H3. The Kier molecular flexibility index (Phi) is 3.88. The van der Waals surface area contributed by atoms with Crippen molar-refractivity contribution in [1.82, 2.24) is 10.3 Å². The number of esters is 1. The molecule has 0 atom stereocenters. The van der Waals surface area contributed by atoms with Crippen LogP contribution in [0.2, 0.25) is 0 Å². The highest BCUT2D eigenvalue weighted by Crippen LogP contribution is 2.10. The van der Waals surface area contributed by atoms with Crippen LogP contribution in [0.15, 0.2) is 30.5 Å². The molecule has 0 aliphatic heterocycles. The van der Waals surface area contributed by atoms with Crippen molar-refractivity contribution < 1.29 is 9.53 Å². The largest absolute Gasteiger partial charge is 0.465 e. The molecular formula is C13H16N2O2. The van der Waals surface area contributed by atoms with E-state index in [0.29, 0.717) is 11.6 Å². The number of aromatic nitrogens is 1. The Morgan fingerprint density at radius 2 is 2.24 bits per heavy atom. The number of methoxy groups -OCH3 is 1. The smallest absolute Gasteiger partial charge is 0.339 e. The molecule has 1 aromatic heterocycles. The number of carbonyl (C=O) groups is 1. The number of ether oxygens (including phenoxy) is 1. The molecule has 0 radical (unpaired) electrons. The fraction of sp³-hybridized carbons (Fsp3) is 0.385. The third-order valence-electron chi connectivity index (χ3n) is 2.83. The zero-order valence-corrected chi connectivity index (χ0v) is 9.85. The van der Waals surface area contributed by atoms with Crippen LogP contribution in [0, 0.1) is 0 Å². The van der Waals surface area contributed by atoms with Gasteiger partial charge in [0.1, 0.15) is 0 Å². The number of pyridine rings is 1. The number of hydrogen-bond donors (Lipinski definition) is 1. The summed E-state index contributed by atoms with van der Waals surface area (Å²) in [6.45, 7) is 0.730. The first-order chi connectivity index (χ1) is 8.29. The van der Waals surface area contributed by atoms with Crippen LogP contribution in [0.1, 0.15) is 28.9 Å². The lowest BCUT2D eigenvalue weighted by Crippen LogP contribution is -2.26. The zero-order valence-electron chi connectivity index (χ0n) is 9.85. The lowest BCUT2D eigenvalue weighted by molar-refractivity contribution is 0.0600. The van der Waals surface area contributed by atoms with Crippen LogP contribution in [-0.4, -0.2) is 24.1 Å². The number of nitrogens with zero attached hydrogens (tertiary/aromatic N) is 1. The second-order valence-corrected chi connectivity index (χ2v) is 4.05. The maximum Gasteiger partial charge on any atom is 0.339 e. The van der Waals surface area contributed by atoms with Crippen molar-refractivity contribution in [2.75, 3.05) is 7.11 Å². The Morgan fingerprint density at radius 1 is 1.47 bits per heavy atom. The number of nitrogens with one attached hydrogen (secondary N) is 1. The van der Waals surface area contributed by atoms with Crippen LogP contribution in [0.4, 0.5) is 0 Å². The van der Waals surface area contributed by atoms with Crippen LogP contribution >= 0.6 is 0 Å². The van der Waals surface area contributed by atoms with Crippen molar-refractivity contribution in [3.8, 4) is 0 Å². The Hall–Kier alpha value is -1.68. The SMILES string of the molecule is COC(=O)c1ccc(CNC2CC=CC2)nc1. The minimum Gasteiger partial charge on any atom is -0.465 e. The van der Waals surface area contributed by atoms with E-state index in [1.165, 1.54) is 7.11 Å². The van der Waals surface area contributed by atoms with E-state index in [1.807, 2.05) is 6.07 Å². The number of carbonyl (C=O) groups excluding carboxylic acids is 1. The van der Waals surface area contributed by atoms with Crippen molar-refractivity contribution in [1.29, 1.82) is 0 Å². The van der Waals surface area contributed by atoms with E-state index in [-0.39, 0.29) is 5.97 Å². The second kappa shape index (κ2) is 5.59. The number of rotatable bonds is 4. The van der Waals surface area contributed by atoms with Gasteiger partial charge in [-0.3, -0.25) is 4.98 Å². The molecule has 0 saturated heterocycles. The fourth-order valence-electron chi connectivity index (χ4n) is 1.80. The molecule has 1 heterocycles. The van der Waals surface area contributed by atoms with Crippen molar-refractivity contribution in [2.24, 2.45) is 0 Å². The normalized spacial score (nSPS) is 15.1. The van der Waals surface area contributed by atoms with Gasteiger partial charge in [0.05, 0.1) is 18.4 Å². The molecule has 90 valence electrons. The topological polar surface area (TPSA) is 51.2 Å². The van der Waals surface area contributed by atoms with Gasteiger partial charge in [-0.15, -0.1) is 0 Å². The Balaban J connectivity index is 1.87. The Morgan fingerprint density at radius 3 is 2.82 bits per heavy atom. The molecule has 0 amide bonds. The molecule has 1 aliphatic rings. The average molecular weight is 232 g/mol. The summed E-state index contributed by atoms with van der Waals surface area (Å²) in [5.74, 6) is -0.350. The molecule has 4 heteroatoms. The van der Waals surface area contributed by atoms with Gasteiger partial charge in [-0.25, -0.2) is 4.79 Å². The predicted molar refractivity (Wildman–Crippen MR) is 64.6 cm³/mol. The van der Waals surface area contributed by atoms with Gasteiger partial charge in [0.15, 0.2) is 0 Å². The van der Waals surface area contributed by atoms with Crippen LogP contribution in [-0.2, 0) is 11.3 Å². The average Bonchev–Trinajstić information content (AvgIpc) is 2.89. The van der Waals surface area contributed by atoms with E-state index in [0.717, 1.165) is 25.1 Å². The molecule has 1 N–H and O–H groups in total. The van der Waals surface area contributed by atoms with Gasteiger partial charge in [-0.2, -0.15) is 0 Å². The van der Waals surface area contributed by atoms with Gasteiger partial charge < -0.3 is 10.1 Å². The molecule has 0 aromatic carbocycles. The Bertz CT molecular complexity index is 404. The van der Waals surface area contributed by atoms with E-state index >= 15 is 0 Å². The summed E-state index contributed by atoms with van der Waals surface area (Å²) in [4.78, 5) is 15.4. The molecule has 0 bridgehead atoms. The van der Waals surface area contributed by atoms with Gasteiger partial charge in [0.25, 0.3) is 0 Å². The molecule has 4 nitrogen and oxygen atoms in total. The van der Waals surface area contributed by atoms with E-state index in [4.69, 9.17) is 0 Å². The quantitative estimate of drug-likeness (QED) is 0.634. The predicted octanol–water partition coefficient (Wildman–Crippen LogP) is 1.68. The van der Waals surface area contributed by atoms with E-state index in [9.17, 15) is 4.79 Å². The van der Waals surface area contributed by atoms with Crippen molar-refractivity contribution in [3.05, 3.63) is 41.7 Å². The summed E-state index contributed by atoms with van der Waals surface area (Å²) < 4.78 is 4.61. The minimum absolute atomic E-state index is 0.350. The lowest BCUT2D eigenvalue weighted by Gasteiger charge is -2.11. The fourth-order valence-corrected chi connectivity index (χ4v) is 1.80. The highest BCUT2D eigenvalue weighted by atomic mass is 16.5. The van der Waals surface area contributed by atoms with Gasteiger partial charge in [0, 0.05) is 18.8 Å². The molecule has 0 saturated carbocycles. The summed E-state index contributed by atoms with van der Waals surface area (Å²) in [6.07, 6.45) is 8.09. The second-order valence-electron chi connectivity index (χ2n) is 4.05. The zero-order chi connectivity index (χ0) is 12.1.